The number of hydrogen-bond donors (Lipinski definition) is 1. The van der Waals surface area contributed by atoms with Crippen LogP contribution in [0.4, 0.5) is 11.4 Å². The van der Waals surface area contributed by atoms with Gasteiger partial charge < -0.3 is 19.4 Å². The number of rotatable bonds is 9. The van der Waals surface area contributed by atoms with E-state index >= 15 is 0 Å². The molecule has 0 unspecified atom stereocenters. The van der Waals surface area contributed by atoms with Gasteiger partial charge >= 0.3 is 5.97 Å². The monoisotopic (exact) mass is 426 g/mol. The Labute approximate surface area is 178 Å². The van der Waals surface area contributed by atoms with E-state index in [1.54, 1.807) is 13.2 Å². The number of nitriles is 1. The zero-order valence-corrected chi connectivity index (χ0v) is 17.4. The second-order valence-electron chi connectivity index (χ2n) is 6.57. The summed E-state index contributed by atoms with van der Waals surface area (Å²) in [6.07, 6.45) is 1.42. The van der Waals surface area contributed by atoms with Gasteiger partial charge in [-0.25, -0.2) is 4.79 Å². The molecule has 0 aliphatic heterocycles. The van der Waals surface area contributed by atoms with Crippen LogP contribution in [0.3, 0.4) is 0 Å². The number of methoxy groups -OCH3 is 1. The van der Waals surface area contributed by atoms with Crippen LogP contribution in [-0.2, 0) is 25.6 Å². The summed E-state index contributed by atoms with van der Waals surface area (Å²) < 4.78 is 12.0. The fraction of sp³-hybridized carbons (Fsp3) is 0.286. The molecule has 2 aromatic rings. The Morgan fingerprint density at radius 1 is 1.29 bits per heavy atom. The van der Waals surface area contributed by atoms with E-state index in [2.05, 4.69) is 5.32 Å². The number of nitro groups is 1. The van der Waals surface area contributed by atoms with Gasteiger partial charge in [0, 0.05) is 42.9 Å². The quantitative estimate of drug-likeness (QED) is 0.214. The summed E-state index contributed by atoms with van der Waals surface area (Å²) in [7, 11) is 1.61. The number of aryl methyl sites for hydroxylation is 1. The van der Waals surface area contributed by atoms with Crippen molar-refractivity contribution in [3.8, 4) is 6.07 Å². The number of carbonyl (C=O) groups excluding carboxylic acids is 2. The van der Waals surface area contributed by atoms with Crippen molar-refractivity contribution in [1.29, 1.82) is 5.26 Å². The predicted octanol–water partition coefficient (Wildman–Crippen LogP) is 2.75. The summed E-state index contributed by atoms with van der Waals surface area (Å²) in [5, 5.41) is 22.4. The number of hydrogen-bond acceptors (Lipinski definition) is 7. The van der Waals surface area contributed by atoms with E-state index in [1.165, 1.54) is 30.3 Å². The summed E-state index contributed by atoms with van der Waals surface area (Å²) in [5.74, 6) is -1.57. The number of nitrogens with zero attached hydrogens (tertiary/aromatic N) is 3. The molecule has 0 spiro atoms. The topological polar surface area (TPSA) is 136 Å². The van der Waals surface area contributed by atoms with E-state index in [9.17, 15) is 25.0 Å². The second kappa shape index (κ2) is 10.7. The summed E-state index contributed by atoms with van der Waals surface area (Å²) in [6, 6.07) is 8.83. The molecular formula is C21H22N4O6. The van der Waals surface area contributed by atoms with Crippen molar-refractivity contribution in [2.45, 2.75) is 20.4 Å². The molecule has 1 amide bonds. The first-order chi connectivity index (χ1) is 14.8. The zero-order valence-electron chi connectivity index (χ0n) is 17.4. The van der Waals surface area contributed by atoms with Gasteiger partial charge in [-0.2, -0.15) is 5.26 Å². The highest BCUT2D eigenvalue weighted by Gasteiger charge is 2.16. The van der Waals surface area contributed by atoms with Gasteiger partial charge in [0.25, 0.3) is 11.6 Å². The van der Waals surface area contributed by atoms with Crippen molar-refractivity contribution in [1.82, 2.24) is 4.57 Å². The van der Waals surface area contributed by atoms with E-state index < -0.39 is 23.4 Å². The number of aromatic nitrogens is 1. The number of nitrogens with one attached hydrogen (secondary N) is 1. The van der Waals surface area contributed by atoms with Crippen LogP contribution >= 0.6 is 0 Å². The third kappa shape index (κ3) is 6.25. The molecule has 0 fully saturated rings. The molecule has 1 aromatic heterocycles. The van der Waals surface area contributed by atoms with Crippen molar-refractivity contribution in [3.63, 3.8) is 0 Å². The number of carbonyl (C=O) groups is 2. The van der Waals surface area contributed by atoms with Gasteiger partial charge in [-0.3, -0.25) is 14.9 Å². The Morgan fingerprint density at radius 2 is 1.97 bits per heavy atom. The number of ether oxygens (including phenoxy) is 2. The molecule has 2 rings (SSSR count). The molecule has 10 heteroatoms. The van der Waals surface area contributed by atoms with E-state index in [0.717, 1.165) is 11.4 Å². The Kier molecular flexibility index (Phi) is 8.05. The molecule has 0 bridgehead atoms. The smallest absolute Gasteiger partial charge is 0.349 e. The highest BCUT2D eigenvalue weighted by atomic mass is 16.6. The van der Waals surface area contributed by atoms with Crippen LogP contribution in [0.25, 0.3) is 6.08 Å². The standard InChI is InChI=1S/C21H22N4O6/c1-14-10-16(15(2)24(14)8-9-30-3)11-17(12-22)21(27)31-13-20(26)23-18-4-6-19(7-5-18)25(28)29/h4-7,10-11H,8-9,13H2,1-3H3,(H,23,26)/b17-11+. The van der Waals surface area contributed by atoms with E-state index in [4.69, 9.17) is 9.47 Å². The van der Waals surface area contributed by atoms with Gasteiger partial charge in [-0.1, -0.05) is 0 Å². The molecule has 162 valence electrons. The molecule has 0 saturated carbocycles. The third-order valence-electron chi connectivity index (χ3n) is 4.47. The van der Waals surface area contributed by atoms with Crippen LogP contribution < -0.4 is 5.32 Å². The van der Waals surface area contributed by atoms with Crippen LogP contribution in [0, 0.1) is 35.3 Å². The van der Waals surface area contributed by atoms with Gasteiger partial charge in [-0.15, -0.1) is 0 Å². The summed E-state index contributed by atoms with van der Waals surface area (Å²) >= 11 is 0. The summed E-state index contributed by atoms with van der Waals surface area (Å²) in [4.78, 5) is 34.3. The fourth-order valence-corrected chi connectivity index (χ4v) is 2.87. The van der Waals surface area contributed by atoms with Gasteiger partial charge in [-0.05, 0) is 43.7 Å². The van der Waals surface area contributed by atoms with Crippen molar-refractivity contribution in [2.24, 2.45) is 0 Å². The molecule has 0 aliphatic rings. The summed E-state index contributed by atoms with van der Waals surface area (Å²) in [5.41, 5.74) is 2.47. The third-order valence-corrected chi connectivity index (χ3v) is 4.47. The molecule has 1 N–H and O–H groups in total. The lowest BCUT2D eigenvalue weighted by molar-refractivity contribution is -0.384. The van der Waals surface area contributed by atoms with Crippen LogP contribution in [0.1, 0.15) is 17.0 Å². The van der Waals surface area contributed by atoms with E-state index in [0.29, 0.717) is 24.4 Å². The Morgan fingerprint density at radius 3 is 2.55 bits per heavy atom. The SMILES string of the molecule is COCCn1c(C)cc(/C=C(\C#N)C(=O)OCC(=O)Nc2ccc([N+](=O)[O-])cc2)c1C. The highest BCUT2D eigenvalue weighted by molar-refractivity contribution is 6.00. The van der Waals surface area contributed by atoms with Crippen molar-refractivity contribution >= 4 is 29.3 Å². The highest BCUT2D eigenvalue weighted by Crippen LogP contribution is 2.19. The minimum Gasteiger partial charge on any atom is -0.451 e. The Bertz CT molecular complexity index is 1050. The molecule has 0 saturated heterocycles. The van der Waals surface area contributed by atoms with E-state index in [-0.39, 0.29) is 11.3 Å². The molecule has 0 aliphatic carbocycles. The summed E-state index contributed by atoms with van der Waals surface area (Å²) in [6.45, 7) is 4.33. The van der Waals surface area contributed by atoms with Crippen LogP contribution in [0.15, 0.2) is 35.9 Å². The first-order valence-corrected chi connectivity index (χ1v) is 9.25. The number of esters is 1. The zero-order chi connectivity index (χ0) is 23.0. The normalized spacial score (nSPS) is 11.0. The van der Waals surface area contributed by atoms with Gasteiger partial charge in [0.1, 0.15) is 11.6 Å². The maximum absolute atomic E-state index is 12.2. The van der Waals surface area contributed by atoms with Crippen LogP contribution in [0.5, 0.6) is 0 Å². The molecule has 0 radical (unpaired) electrons. The largest absolute Gasteiger partial charge is 0.451 e. The maximum atomic E-state index is 12.2. The Hall–Kier alpha value is -3.97. The first kappa shape index (κ1) is 23.3. The fourth-order valence-electron chi connectivity index (χ4n) is 2.87. The molecule has 1 heterocycles. The second-order valence-corrected chi connectivity index (χ2v) is 6.57. The average Bonchev–Trinajstić information content (AvgIpc) is 3.01. The van der Waals surface area contributed by atoms with Crippen molar-refractivity contribution in [3.05, 3.63) is 63.0 Å². The number of benzene rings is 1. The molecule has 0 atom stereocenters. The number of anilines is 1. The van der Waals surface area contributed by atoms with Crippen molar-refractivity contribution in [2.75, 3.05) is 25.6 Å². The lowest BCUT2D eigenvalue weighted by Crippen LogP contribution is -2.21. The number of non-ortho nitro benzene ring substituents is 1. The minimum absolute atomic E-state index is 0.116. The van der Waals surface area contributed by atoms with Gasteiger partial charge in [0.15, 0.2) is 6.61 Å². The molecule has 10 nitrogen and oxygen atoms in total. The van der Waals surface area contributed by atoms with Crippen LogP contribution in [0.2, 0.25) is 0 Å². The first-order valence-electron chi connectivity index (χ1n) is 9.25. The lowest BCUT2D eigenvalue weighted by atomic mass is 10.1. The number of amides is 1. The van der Waals surface area contributed by atoms with Crippen LogP contribution in [-0.4, -0.2) is 41.7 Å². The molecular weight excluding hydrogens is 404 g/mol. The maximum Gasteiger partial charge on any atom is 0.349 e. The molecule has 1 aromatic carbocycles. The Balaban J connectivity index is 2.00. The van der Waals surface area contributed by atoms with Gasteiger partial charge in [0.2, 0.25) is 0 Å². The molecule has 31 heavy (non-hydrogen) atoms. The lowest BCUT2D eigenvalue weighted by Gasteiger charge is -2.08. The van der Waals surface area contributed by atoms with Gasteiger partial charge in [0.05, 0.1) is 11.5 Å². The minimum atomic E-state index is -0.928. The van der Waals surface area contributed by atoms with Crippen molar-refractivity contribution < 1.29 is 24.0 Å². The predicted molar refractivity (Wildman–Crippen MR) is 112 cm³/mol. The van der Waals surface area contributed by atoms with E-state index in [1.807, 2.05) is 24.5 Å². The average molecular weight is 426 g/mol. The number of nitro benzene ring substituents is 1.